The van der Waals surface area contributed by atoms with Crippen molar-refractivity contribution in [3.63, 3.8) is 0 Å². The predicted molar refractivity (Wildman–Crippen MR) is 82.1 cm³/mol. The van der Waals surface area contributed by atoms with Crippen molar-refractivity contribution >= 4 is 21.7 Å². The average molecular weight is 342 g/mol. The maximum Gasteiger partial charge on any atom is 0.225 e. The van der Waals surface area contributed by atoms with Crippen LogP contribution in [0.25, 0.3) is 0 Å². The molecule has 2 fully saturated rings. The molecule has 3 atom stereocenters. The number of hydrogen-bond acceptors (Lipinski definition) is 6. The van der Waals surface area contributed by atoms with Gasteiger partial charge in [0.2, 0.25) is 11.9 Å². The highest BCUT2D eigenvalue weighted by Crippen LogP contribution is 2.38. The zero-order valence-electron chi connectivity index (χ0n) is 13.0. The predicted octanol–water partition coefficient (Wildman–Crippen LogP) is -0.0566. The van der Waals surface area contributed by atoms with E-state index in [4.69, 9.17) is 0 Å². The molecule has 0 aromatic carbocycles. The van der Waals surface area contributed by atoms with Gasteiger partial charge in [0.25, 0.3) is 0 Å². The van der Waals surface area contributed by atoms with E-state index in [0.29, 0.717) is 18.9 Å². The standard InChI is InChI=1S/C14H19FN4O3S/c1-18(2)13(20)10-3-4-23(21,22)12-8-19(7-11(10)12)14-16-5-9(15)6-17-14/h5-6,10-12H,3-4,7-8H2,1-2H3/t10-,11+,12+/m1/s1. The minimum atomic E-state index is -3.24. The number of hydrogen-bond donors (Lipinski definition) is 0. The van der Waals surface area contributed by atoms with Crippen LogP contribution in [0.2, 0.25) is 0 Å². The first kappa shape index (κ1) is 16.1. The Balaban J connectivity index is 1.89. The number of anilines is 1. The van der Waals surface area contributed by atoms with Gasteiger partial charge in [0.05, 0.1) is 23.4 Å². The molecule has 1 aromatic heterocycles. The monoisotopic (exact) mass is 342 g/mol. The van der Waals surface area contributed by atoms with Gasteiger partial charge in [0.1, 0.15) is 0 Å². The van der Waals surface area contributed by atoms with Crippen LogP contribution in [0, 0.1) is 17.7 Å². The number of fused-ring (bicyclic) bond motifs is 1. The Labute approximate surface area is 134 Å². The molecule has 23 heavy (non-hydrogen) atoms. The Kier molecular flexibility index (Phi) is 3.99. The highest BCUT2D eigenvalue weighted by molar-refractivity contribution is 7.92. The van der Waals surface area contributed by atoms with Crippen molar-refractivity contribution in [3.8, 4) is 0 Å². The summed E-state index contributed by atoms with van der Waals surface area (Å²) in [6.07, 6.45) is 2.46. The topological polar surface area (TPSA) is 83.5 Å². The second-order valence-electron chi connectivity index (χ2n) is 6.30. The second-order valence-corrected chi connectivity index (χ2v) is 8.64. The van der Waals surface area contributed by atoms with Crippen LogP contribution in [-0.2, 0) is 14.6 Å². The summed E-state index contributed by atoms with van der Waals surface area (Å²) in [6, 6.07) is 0. The number of halogens is 1. The summed E-state index contributed by atoms with van der Waals surface area (Å²) >= 11 is 0. The molecule has 0 saturated carbocycles. The van der Waals surface area contributed by atoms with Crippen molar-refractivity contribution in [3.05, 3.63) is 18.2 Å². The Hall–Kier alpha value is -1.77. The SMILES string of the molecule is CN(C)C(=O)[C@@H]1CCS(=O)(=O)[C@H]2CN(c3ncc(F)cn3)C[C@@H]12. The van der Waals surface area contributed by atoms with Crippen LogP contribution < -0.4 is 4.90 Å². The minimum absolute atomic E-state index is 0.0243. The molecule has 1 aromatic rings. The maximum atomic E-state index is 13.0. The van der Waals surface area contributed by atoms with Gasteiger partial charge in [-0.2, -0.15) is 0 Å². The lowest BCUT2D eigenvalue weighted by Crippen LogP contribution is -2.46. The molecule has 1 amide bonds. The molecule has 9 heteroatoms. The average Bonchev–Trinajstić information content (AvgIpc) is 2.94. The zero-order valence-corrected chi connectivity index (χ0v) is 13.8. The van der Waals surface area contributed by atoms with Crippen LogP contribution in [0.15, 0.2) is 12.4 Å². The summed E-state index contributed by atoms with van der Waals surface area (Å²) in [5.74, 6) is -0.861. The van der Waals surface area contributed by atoms with Crippen molar-refractivity contribution < 1.29 is 17.6 Å². The van der Waals surface area contributed by atoms with Gasteiger partial charge >= 0.3 is 0 Å². The summed E-state index contributed by atoms with van der Waals surface area (Å²) in [4.78, 5) is 23.5. The Morgan fingerprint density at radius 2 is 1.96 bits per heavy atom. The number of carbonyl (C=O) groups excluding carboxylic acids is 1. The summed E-state index contributed by atoms with van der Waals surface area (Å²) < 4.78 is 37.7. The van der Waals surface area contributed by atoms with Gasteiger partial charge in [-0.1, -0.05) is 0 Å². The second kappa shape index (κ2) is 5.70. The Morgan fingerprint density at radius 1 is 1.30 bits per heavy atom. The third kappa shape index (κ3) is 2.89. The van der Waals surface area contributed by atoms with Gasteiger partial charge in [-0.05, 0) is 6.42 Å². The van der Waals surface area contributed by atoms with Crippen LogP contribution in [0.3, 0.4) is 0 Å². The molecule has 0 radical (unpaired) electrons. The fourth-order valence-electron chi connectivity index (χ4n) is 3.49. The molecule has 3 heterocycles. The van der Waals surface area contributed by atoms with Gasteiger partial charge in [-0.15, -0.1) is 0 Å². The fourth-order valence-corrected chi connectivity index (χ4v) is 5.59. The van der Waals surface area contributed by atoms with Crippen molar-refractivity contribution in [2.45, 2.75) is 11.7 Å². The van der Waals surface area contributed by atoms with Gasteiger partial charge in [0, 0.05) is 39.0 Å². The highest BCUT2D eigenvalue weighted by atomic mass is 32.2. The Morgan fingerprint density at radius 3 is 2.57 bits per heavy atom. The quantitative estimate of drug-likeness (QED) is 0.749. The van der Waals surface area contributed by atoms with E-state index in [1.807, 2.05) is 0 Å². The number of aromatic nitrogens is 2. The molecule has 0 aliphatic carbocycles. The maximum absolute atomic E-state index is 13.0. The van der Waals surface area contributed by atoms with Crippen LogP contribution in [0.4, 0.5) is 10.3 Å². The summed E-state index contributed by atoms with van der Waals surface area (Å²) in [7, 11) is 0.110. The van der Waals surface area contributed by atoms with Gasteiger partial charge < -0.3 is 9.80 Å². The highest BCUT2D eigenvalue weighted by Gasteiger charge is 2.51. The fraction of sp³-hybridized carbons (Fsp3) is 0.643. The van der Waals surface area contributed by atoms with Crippen molar-refractivity contribution in [2.24, 2.45) is 11.8 Å². The Bertz CT molecular complexity index is 707. The lowest BCUT2D eigenvalue weighted by Gasteiger charge is -2.33. The molecule has 7 nitrogen and oxygen atoms in total. The van der Waals surface area contributed by atoms with Crippen molar-refractivity contribution in [1.29, 1.82) is 0 Å². The largest absolute Gasteiger partial charge is 0.349 e. The molecule has 3 rings (SSSR count). The molecule has 126 valence electrons. The number of sulfone groups is 1. The summed E-state index contributed by atoms with van der Waals surface area (Å²) in [5, 5.41) is -0.598. The molecule has 0 N–H and O–H groups in total. The van der Waals surface area contributed by atoms with Crippen LogP contribution >= 0.6 is 0 Å². The molecular formula is C14H19FN4O3S. The van der Waals surface area contributed by atoms with E-state index in [1.165, 1.54) is 4.90 Å². The van der Waals surface area contributed by atoms with Crippen molar-refractivity contribution in [2.75, 3.05) is 37.8 Å². The third-order valence-corrected chi connectivity index (χ3v) is 6.87. The lowest BCUT2D eigenvalue weighted by atomic mass is 9.87. The lowest BCUT2D eigenvalue weighted by molar-refractivity contribution is -0.134. The van der Waals surface area contributed by atoms with Gasteiger partial charge in [0.15, 0.2) is 15.7 Å². The zero-order chi connectivity index (χ0) is 16.8. The van der Waals surface area contributed by atoms with E-state index in [1.54, 1.807) is 19.0 Å². The van der Waals surface area contributed by atoms with E-state index in [2.05, 4.69) is 9.97 Å². The molecule has 2 aliphatic rings. The van der Waals surface area contributed by atoms with Gasteiger partial charge in [-0.3, -0.25) is 4.79 Å². The molecule has 0 unspecified atom stereocenters. The summed E-state index contributed by atoms with van der Waals surface area (Å²) in [6.45, 7) is 0.635. The minimum Gasteiger partial charge on any atom is -0.349 e. The number of amides is 1. The first-order valence-corrected chi connectivity index (χ1v) is 9.16. The third-order valence-electron chi connectivity index (χ3n) is 4.65. The molecule has 2 aliphatic heterocycles. The first-order valence-electron chi connectivity index (χ1n) is 7.45. The molecule has 0 spiro atoms. The number of rotatable bonds is 2. The van der Waals surface area contributed by atoms with Gasteiger partial charge in [-0.25, -0.2) is 22.8 Å². The number of nitrogens with zero attached hydrogens (tertiary/aromatic N) is 4. The van der Waals surface area contributed by atoms with Crippen LogP contribution in [0.5, 0.6) is 0 Å². The smallest absolute Gasteiger partial charge is 0.225 e. The van der Waals surface area contributed by atoms with E-state index in [0.717, 1.165) is 12.4 Å². The van der Waals surface area contributed by atoms with Crippen LogP contribution in [0.1, 0.15) is 6.42 Å². The molecule has 0 bridgehead atoms. The van der Waals surface area contributed by atoms with Crippen molar-refractivity contribution in [1.82, 2.24) is 14.9 Å². The molecular weight excluding hydrogens is 323 g/mol. The normalized spacial score (nSPS) is 29.2. The van der Waals surface area contributed by atoms with E-state index >= 15 is 0 Å². The van der Waals surface area contributed by atoms with E-state index < -0.39 is 20.9 Å². The molecule has 2 saturated heterocycles. The van der Waals surface area contributed by atoms with Crippen LogP contribution in [-0.4, -0.2) is 67.4 Å². The van der Waals surface area contributed by atoms with E-state index in [9.17, 15) is 17.6 Å². The summed E-state index contributed by atoms with van der Waals surface area (Å²) in [5.41, 5.74) is 0. The first-order chi connectivity index (χ1) is 10.8. The van der Waals surface area contributed by atoms with E-state index in [-0.39, 0.29) is 30.0 Å². The number of carbonyl (C=O) groups is 1.